The van der Waals surface area contributed by atoms with Gasteiger partial charge in [0.05, 0.1) is 14.2 Å². The molecule has 0 fully saturated rings. The summed E-state index contributed by atoms with van der Waals surface area (Å²) in [4.78, 5) is 0. The summed E-state index contributed by atoms with van der Waals surface area (Å²) in [7, 11) is 3.14. The first-order valence-electron chi connectivity index (χ1n) is 8.78. The van der Waals surface area contributed by atoms with Gasteiger partial charge in [0.25, 0.3) is 0 Å². The quantitative estimate of drug-likeness (QED) is 0.613. The number of hydrogen-bond donors (Lipinski definition) is 1. The predicted octanol–water partition coefficient (Wildman–Crippen LogP) is 5.77. The molecule has 0 bridgehead atoms. The Morgan fingerprint density at radius 1 is 1.29 bits per heavy atom. The molecule has 1 aromatic carbocycles. The number of methoxy groups -OCH3 is 2. The number of ether oxygens (including phenoxy) is 2. The van der Waals surface area contributed by atoms with Crippen LogP contribution in [0.5, 0.6) is 17.2 Å². The molecular weight excluding hydrogens is 300 g/mol. The van der Waals surface area contributed by atoms with E-state index in [9.17, 15) is 5.11 Å². The fourth-order valence-corrected chi connectivity index (χ4v) is 3.26. The van der Waals surface area contributed by atoms with Crippen LogP contribution in [0.15, 0.2) is 17.7 Å². The molecule has 1 rings (SSSR count). The fourth-order valence-electron chi connectivity index (χ4n) is 3.26. The van der Waals surface area contributed by atoms with Crippen molar-refractivity contribution in [3.8, 4) is 17.2 Å². The summed E-state index contributed by atoms with van der Waals surface area (Å²) < 4.78 is 10.7. The third-order valence-electron chi connectivity index (χ3n) is 4.85. The molecule has 1 N–H and O–H groups in total. The van der Waals surface area contributed by atoms with Crippen molar-refractivity contribution in [1.29, 1.82) is 0 Å². The van der Waals surface area contributed by atoms with Crippen molar-refractivity contribution in [2.45, 2.75) is 66.2 Å². The Morgan fingerprint density at radius 3 is 2.42 bits per heavy atom. The van der Waals surface area contributed by atoms with Crippen LogP contribution < -0.4 is 9.47 Å². The second kappa shape index (κ2) is 8.46. The third-order valence-corrected chi connectivity index (χ3v) is 4.85. The smallest absolute Gasteiger partial charge is 0.203 e. The van der Waals surface area contributed by atoms with E-state index < -0.39 is 0 Å². The fraction of sp³-hybridized carbons (Fsp3) is 0.619. The molecule has 0 aliphatic heterocycles. The zero-order valence-corrected chi connectivity index (χ0v) is 16.6. The minimum Gasteiger partial charge on any atom is -0.504 e. The Balaban J connectivity index is 3.17. The highest BCUT2D eigenvalue weighted by Gasteiger charge is 2.29. The maximum absolute atomic E-state index is 10.7. The largest absolute Gasteiger partial charge is 0.504 e. The highest BCUT2D eigenvalue weighted by Crippen LogP contribution is 2.46. The number of allylic oxidation sites excluding steroid dienone is 2. The maximum Gasteiger partial charge on any atom is 0.203 e. The molecule has 0 saturated carbocycles. The molecule has 136 valence electrons. The Labute approximate surface area is 147 Å². The molecular formula is C21H34O3. The van der Waals surface area contributed by atoms with Gasteiger partial charge in [-0.25, -0.2) is 0 Å². The Kier molecular flexibility index (Phi) is 7.19. The van der Waals surface area contributed by atoms with E-state index in [4.69, 9.17) is 9.47 Å². The highest BCUT2D eigenvalue weighted by molar-refractivity contribution is 5.60. The van der Waals surface area contributed by atoms with Gasteiger partial charge >= 0.3 is 0 Å². The summed E-state index contributed by atoms with van der Waals surface area (Å²) in [5.41, 5.74) is 3.16. The normalized spacial score (nSPS) is 13.8. The number of aryl methyl sites for hydroxylation is 1. The number of aromatic hydroxyl groups is 1. The number of phenolic OH excluding ortho intramolecular Hbond substituents is 1. The van der Waals surface area contributed by atoms with Crippen molar-refractivity contribution in [2.24, 2.45) is 5.92 Å². The number of hydrogen-bond acceptors (Lipinski definition) is 3. The zero-order chi connectivity index (χ0) is 18.5. The van der Waals surface area contributed by atoms with E-state index in [1.54, 1.807) is 14.2 Å². The summed E-state index contributed by atoms with van der Waals surface area (Å²) in [6.07, 6.45) is 5.51. The van der Waals surface area contributed by atoms with Gasteiger partial charge in [0.15, 0.2) is 11.5 Å². The molecule has 0 aliphatic rings. The van der Waals surface area contributed by atoms with Gasteiger partial charge in [-0.3, -0.25) is 0 Å². The second-order valence-corrected chi connectivity index (χ2v) is 7.51. The van der Waals surface area contributed by atoms with Crippen LogP contribution in [0, 0.1) is 12.8 Å². The van der Waals surface area contributed by atoms with Crippen molar-refractivity contribution in [3.63, 3.8) is 0 Å². The van der Waals surface area contributed by atoms with Crippen molar-refractivity contribution >= 4 is 0 Å². The van der Waals surface area contributed by atoms with Crippen molar-refractivity contribution in [3.05, 3.63) is 28.8 Å². The maximum atomic E-state index is 10.7. The van der Waals surface area contributed by atoms with Crippen LogP contribution in [0.3, 0.4) is 0 Å². The molecule has 0 heterocycles. The molecule has 0 saturated heterocycles. The average Bonchev–Trinajstić information content (AvgIpc) is 2.52. The van der Waals surface area contributed by atoms with Crippen molar-refractivity contribution in [2.75, 3.05) is 14.2 Å². The second-order valence-electron chi connectivity index (χ2n) is 7.51. The van der Waals surface area contributed by atoms with Crippen molar-refractivity contribution < 1.29 is 14.6 Å². The summed E-state index contributed by atoms with van der Waals surface area (Å²) in [6, 6.07) is 1.94. The summed E-state index contributed by atoms with van der Waals surface area (Å²) in [5.74, 6) is 1.87. The summed E-state index contributed by atoms with van der Waals surface area (Å²) in [6.45, 7) is 13.0. The first kappa shape index (κ1) is 20.4. The van der Waals surface area contributed by atoms with Gasteiger partial charge in [-0.2, -0.15) is 0 Å². The monoisotopic (exact) mass is 334 g/mol. The van der Waals surface area contributed by atoms with Crippen LogP contribution in [-0.4, -0.2) is 19.3 Å². The lowest BCUT2D eigenvalue weighted by Gasteiger charge is -2.28. The molecule has 1 unspecified atom stereocenters. The minimum atomic E-state index is -0.190. The minimum absolute atomic E-state index is 0.187. The number of rotatable bonds is 8. The van der Waals surface area contributed by atoms with Gasteiger partial charge in [-0.15, -0.1) is 0 Å². The molecule has 24 heavy (non-hydrogen) atoms. The van der Waals surface area contributed by atoms with Crippen LogP contribution in [0.1, 0.15) is 65.0 Å². The summed E-state index contributed by atoms with van der Waals surface area (Å²) in [5, 5.41) is 10.7. The van der Waals surface area contributed by atoms with Gasteiger partial charge in [0.1, 0.15) is 0 Å². The van der Waals surface area contributed by atoms with Gasteiger partial charge in [0, 0.05) is 5.56 Å². The Bertz CT molecular complexity index is 585. The SMILES string of the molecule is CCC(C)C/C(C)=C/CC(C)(C)c1c(C)cc(OC)c(OC)c1O. The van der Waals surface area contributed by atoms with Gasteiger partial charge in [-0.05, 0) is 49.7 Å². The highest BCUT2D eigenvalue weighted by atomic mass is 16.5. The van der Waals surface area contributed by atoms with Crippen LogP contribution in [0.4, 0.5) is 0 Å². The van der Waals surface area contributed by atoms with Crippen LogP contribution in [0.25, 0.3) is 0 Å². The van der Waals surface area contributed by atoms with Crippen LogP contribution in [-0.2, 0) is 5.41 Å². The lowest BCUT2D eigenvalue weighted by Crippen LogP contribution is -2.18. The van der Waals surface area contributed by atoms with E-state index in [2.05, 4.69) is 40.7 Å². The van der Waals surface area contributed by atoms with Gasteiger partial charge in [0.2, 0.25) is 5.75 Å². The molecule has 0 radical (unpaired) electrons. The van der Waals surface area contributed by atoms with Gasteiger partial charge < -0.3 is 14.6 Å². The van der Waals surface area contributed by atoms with E-state index in [0.717, 1.165) is 24.0 Å². The van der Waals surface area contributed by atoms with E-state index in [0.29, 0.717) is 17.4 Å². The average molecular weight is 335 g/mol. The lowest BCUT2D eigenvalue weighted by atomic mass is 9.77. The predicted molar refractivity (Wildman–Crippen MR) is 101 cm³/mol. The Morgan fingerprint density at radius 2 is 1.92 bits per heavy atom. The van der Waals surface area contributed by atoms with E-state index in [1.807, 2.05) is 13.0 Å². The lowest BCUT2D eigenvalue weighted by molar-refractivity contribution is 0.326. The molecule has 0 aliphatic carbocycles. The van der Waals surface area contributed by atoms with E-state index >= 15 is 0 Å². The molecule has 1 atom stereocenters. The third kappa shape index (κ3) is 4.68. The Hall–Kier alpha value is -1.64. The summed E-state index contributed by atoms with van der Waals surface area (Å²) >= 11 is 0. The van der Waals surface area contributed by atoms with E-state index in [1.165, 1.54) is 12.0 Å². The molecule has 1 aromatic rings. The first-order valence-corrected chi connectivity index (χ1v) is 8.78. The topological polar surface area (TPSA) is 38.7 Å². The first-order chi connectivity index (χ1) is 11.2. The molecule has 0 aromatic heterocycles. The number of phenols is 1. The molecule has 0 amide bonds. The zero-order valence-electron chi connectivity index (χ0n) is 16.6. The molecule has 3 nitrogen and oxygen atoms in total. The van der Waals surface area contributed by atoms with Crippen molar-refractivity contribution in [1.82, 2.24) is 0 Å². The number of benzene rings is 1. The van der Waals surface area contributed by atoms with Crippen LogP contribution in [0.2, 0.25) is 0 Å². The van der Waals surface area contributed by atoms with E-state index in [-0.39, 0.29) is 11.2 Å². The molecule has 0 spiro atoms. The van der Waals surface area contributed by atoms with Gasteiger partial charge in [-0.1, -0.05) is 45.8 Å². The molecule has 3 heteroatoms. The van der Waals surface area contributed by atoms with Crippen LogP contribution >= 0.6 is 0 Å². The standard InChI is InChI=1S/C21H34O3/c1-9-14(2)12-15(3)10-11-21(5,6)18-16(4)13-17(23-7)20(24-8)19(18)22/h10,13-14,22H,9,11-12H2,1-8H3/b15-10+.